The molecule has 0 N–H and O–H groups in total. The Morgan fingerprint density at radius 2 is 1.56 bits per heavy atom. The fraction of sp³-hybridized carbons (Fsp3) is 0.571. The highest BCUT2D eigenvalue weighted by Crippen LogP contribution is 2.70. The number of aryl methyl sites for hydroxylation is 1. The van der Waals surface area contributed by atoms with E-state index in [0.29, 0.717) is 5.92 Å². The average Bonchev–Trinajstić information content (AvgIpc) is 2.70. The van der Waals surface area contributed by atoms with Crippen molar-refractivity contribution in [3.05, 3.63) is 35.4 Å². The first-order valence-corrected chi connectivity index (χ1v) is 6.44. The zero-order valence-corrected chi connectivity index (χ0v) is 11.7. The van der Waals surface area contributed by atoms with Gasteiger partial charge in [-0.1, -0.05) is 50.6 Å². The van der Waals surface area contributed by atoms with Crippen LogP contribution in [0.1, 0.15) is 37.8 Å². The lowest BCUT2D eigenvalue weighted by molar-refractivity contribution is 0.341. The summed E-state index contributed by atoms with van der Waals surface area (Å²) in [5.74, 6) is 0.613. The van der Waals surface area contributed by atoms with Crippen LogP contribution < -0.4 is 0 Å². The standard InChI is InChI=1S/C14H18Cl2/c1-9-5-7-10(8-6-9)11-12(13(2,3)4)14(11,15)16/h5-8,11-12H,1-4H3. The zero-order chi connectivity index (χ0) is 12.1. The van der Waals surface area contributed by atoms with E-state index in [9.17, 15) is 0 Å². The third-order valence-electron chi connectivity index (χ3n) is 3.42. The van der Waals surface area contributed by atoms with Crippen LogP contribution in [-0.2, 0) is 0 Å². The van der Waals surface area contributed by atoms with Crippen molar-refractivity contribution in [2.24, 2.45) is 11.3 Å². The minimum atomic E-state index is -0.590. The van der Waals surface area contributed by atoms with Gasteiger partial charge in [-0.25, -0.2) is 0 Å². The Hall–Kier alpha value is -0.200. The van der Waals surface area contributed by atoms with Gasteiger partial charge in [-0.05, 0) is 17.9 Å². The van der Waals surface area contributed by atoms with Gasteiger partial charge in [0.1, 0.15) is 4.33 Å². The van der Waals surface area contributed by atoms with Crippen LogP contribution in [0.3, 0.4) is 0 Å². The van der Waals surface area contributed by atoms with Crippen molar-refractivity contribution in [1.29, 1.82) is 0 Å². The van der Waals surface area contributed by atoms with Crippen LogP contribution in [0.15, 0.2) is 24.3 Å². The van der Waals surface area contributed by atoms with E-state index < -0.39 is 4.33 Å². The first-order valence-electron chi connectivity index (χ1n) is 5.69. The van der Waals surface area contributed by atoms with E-state index in [2.05, 4.69) is 52.0 Å². The lowest BCUT2D eigenvalue weighted by Gasteiger charge is -2.18. The largest absolute Gasteiger partial charge is 0.129 e. The molecule has 2 heteroatoms. The number of rotatable bonds is 1. The second-order valence-corrected chi connectivity index (χ2v) is 7.35. The second kappa shape index (κ2) is 3.65. The smallest absolute Gasteiger partial charge is 0.101 e. The highest BCUT2D eigenvalue weighted by molar-refractivity contribution is 6.52. The maximum Gasteiger partial charge on any atom is 0.129 e. The maximum absolute atomic E-state index is 6.40. The number of hydrogen-bond acceptors (Lipinski definition) is 0. The lowest BCUT2D eigenvalue weighted by Crippen LogP contribution is -2.12. The van der Waals surface area contributed by atoms with Crippen molar-refractivity contribution in [2.45, 2.75) is 37.9 Å². The molecule has 0 nitrogen and oxygen atoms in total. The van der Waals surface area contributed by atoms with Crippen molar-refractivity contribution < 1.29 is 0 Å². The van der Waals surface area contributed by atoms with E-state index in [4.69, 9.17) is 23.2 Å². The molecule has 0 radical (unpaired) electrons. The first-order chi connectivity index (χ1) is 7.24. The first kappa shape index (κ1) is 12.3. The predicted molar refractivity (Wildman–Crippen MR) is 71.3 cm³/mol. The van der Waals surface area contributed by atoms with E-state index in [-0.39, 0.29) is 11.3 Å². The van der Waals surface area contributed by atoms with Gasteiger partial charge >= 0.3 is 0 Å². The minimum Gasteiger partial charge on any atom is -0.101 e. The van der Waals surface area contributed by atoms with E-state index in [0.717, 1.165) is 0 Å². The normalized spacial score (nSPS) is 27.9. The fourth-order valence-corrected chi connectivity index (χ4v) is 3.88. The van der Waals surface area contributed by atoms with Gasteiger partial charge in [0.05, 0.1) is 0 Å². The molecule has 0 aromatic heterocycles. The quantitative estimate of drug-likeness (QED) is 0.626. The molecule has 2 unspecified atom stereocenters. The molecule has 88 valence electrons. The Kier molecular flexibility index (Phi) is 2.79. The number of halogens is 2. The third-order valence-corrected chi connectivity index (χ3v) is 4.36. The van der Waals surface area contributed by atoms with Crippen LogP contribution in [0.2, 0.25) is 0 Å². The second-order valence-electron chi connectivity index (χ2n) is 5.91. The molecule has 0 bridgehead atoms. The van der Waals surface area contributed by atoms with Gasteiger partial charge in [0.25, 0.3) is 0 Å². The summed E-state index contributed by atoms with van der Waals surface area (Å²) < 4.78 is -0.590. The van der Waals surface area contributed by atoms with Crippen LogP contribution in [0.25, 0.3) is 0 Å². The third kappa shape index (κ3) is 1.98. The van der Waals surface area contributed by atoms with E-state index in [1.54, 1.807) is 0 Å². The molecule has 0 aliphatic heterocycles. The van der Waals surface area contributed by atoms with E-state index in [1.165, 1.54) is 11.1 Å². The molecular weight excluding hydrogens is 239 g/mol. The molecule has 1 aliphatic rings. The van der Waals surface area contributed by atoms with Gasteiger partial charge < -0.3 is 0 Å². The molecule has 1 aromatic rings. The Labute approximate surface area is 108 Å². The molecule has 16 heavy (non-hydrogen) atoms. The van der Waals surface area contributed by atoms with Gasteiger partial charge in [0.15, 0.2) is 0 Å². The molecule has 1 aromatic carbocycles. The molecule has 0 saturated heterocycles. The summed E-state index contributed by atoms with van der Waals surface area (Å²) in [5.41, 5.74) is 2.68. The van der Waals surface area contributed by atoms with E-state index >= 15 is 0 Å². The fourth-order valence-electron chi connectivity index (χ4n) is 2.59. The molecule has 1 saturated carbocycles. The van der Waals surface area contributed by atoms with Gasteiger partial charge in [0, 0.05) is 11.8 Å². The Morgan fingerprint density at radius 3 is 1.94 bits per heavy atom. The summed E-state index contributed by atoms with van der Waals surface area (Å²) in [7, 11) is 0. The summed E-state index contributed by atoms with van der Waals surface area (Å²) in [4.78, 5) is 0. The monoisotopic (exact) mass is 256 g/mol. The zero-order valence-electron chi connectivity index (χ0n) is 10.2. The summed E-state index contributed by atoms with van der Waals surface area (Å²) in [6, 6.07) is 8.53. The Morgan fingerprint density at radius 1 is 1.06 bits per heavy atom. The summed E-state index contributed by atoms with van der Waals surface area (Å²) in [5, 5.41) is 0. The van der Waals surface area contributed by atoms with Crippen molar-refractivity contribution in [2.75, 3.05) is 0 Å². The van der Waals surface area contributed by atoms with Crippen LogP contribution >= 0.6 is 23.2 Å². The molecule has 0 amide bonds. The highest BCUT2D eigenvalue weighted by atomic mass is 35.5. The Balaban J connectivity index is 2.28. The average molecular weight is 257 g/mol. The minimum absolute atomic E-state index is 0.152. The Bertz CT molecular complexity index is 384. The summed E-state index contributed by atoms with van der Waals surface area (Å²) in [6.45, 7) is 8.69. The van der Waals surface area contributed by atoms with Crippen molar-refractivity contribution in [3.63, 3.8) is 0 Å². The topological polar surface area (TPSA) is 0 Å². The van der Waals surface area contributed by atoms with Gasteiger partial charge in [-0.3, -0.25) is 0 Å². The molecule has 1 aliphatic carbocycles. The molecule has 0 spiro atoms. The van der Waals surface area contributed by atoms with Crippen LogP contribution in [0.5, 0.6) is 0 Å². The number of alkyl halides is 2. The molecule has 0 heterocycles. The van der Waals surface area contributed by atoms with Gasteiger partial charge in [-0.2, -0.15) is 0 Å². The SMILES string of the molecule is Cc1ccc(C2C(C(C)(C)C)C2(Cl)Cl)cc1. The molecular formula is C14H18Cl2. The molecule has 2 rings (SSSR count). The maximum atomic E-state index is 6.40. The lowest BCUT2D eigenvalue weighted by atomic mass is 9.87. The highest BCUT2D eigenvalue weighted by Gasteiger charge is 2.67. The molecule has 1 fully saturated rings. The summed E-state index contributed by atoms with van der Waals surface area (Å²) >= 11 is 12.8. The van der Waals surface area contributed by atoms with Crippen molar-refractivity contribution in [3.8, 4) is 0 Å². The summed E-state index contributed by atoms with van der Waals surface area (Å²) in [6.07, 6.45) is 0. The predicted octanol–water partition coefficient (Wildman–Crippen LogP) is 4.93. The van der Waals surface area contributed by atoms with Crippen LogP contribution in [-0.4, -0.2) is 4.33 Å². The van der Waals surface area contributed by atoms with Gasteiger partial charge in [-0.15, -0.1) is 23.2 Å². The molecule has 2 atom stereocenters. The van der Waals surface area contributed by atoms with Crippen molar-refractivity contribution in [1.82, 2.24) is 0 Å². The number of benzene rings is 1. The van der Waals surface area contributed by atoms with Crippen LogP contribution in [0.4, 0.5) is 0 Å². The van der Waals surface area contributed by atoms with Gasteiger partial charge in [0.2, 0.25) is 0 Å². The van der Waals surface area contributed by atoms with Crippen LogP contribution in [0, 0.1) is 18.3 Å². The number of hydrogen-bond donors (Lipinski definition) is 0. The van der Waals surface area contributed by atoms with Crippen molar-refractivity contribution >= 4 is 23.2 Å². The van der Waals surface area contributed by atoms with E-state index in [1.807, 2.05) is 0 Å².